The highest BCUT2D eigenvalue weighted by atomic mass is 35.5. The maximum Gasteiger partial charge on any atom is 0.234 e. The summed E-state index contributed by atoms with van der Waals surface area (Å²) >= 11 is 7.25. The van der Waals surface area contributed by atoms with Crippen LogP contribution in [0.15, 0.2) is 29.4 Å². The Morgan fingerprint density at radius 1 is 1.35 bits per heavy atom. The first-order chi connectivity index (χ1) is 12.3. The van der Waals surface area contributed by atoms with E-state index in [4.69, 9.17) is 16.6 Å². The summed E-state index contributed by atoms with van der Waals surface area (Å²) in [6.45, 7) is 6.90. The molecule has 1 aromatic heterocycles. The molecule has 2 bridgehead atoms. The van der Waals surface area contributed by atoms with E-state index in [0.29, 0.717) is 21.8 Å². The van der Waals surface area contributed by atoms with Gasteiger partial charge in [-0.3, -0.25) is 4.79 Å². The van der Waals surface area contributed by atoms with Crippen molar-refractivity contribution in [2.24, 2.45) is 5.41 Å². The normalized spacial score (nSPS) is 25.2. The molecule has 2 aliphatic carbocycles. The summed E-state index contributed by atoms with van der Waals surface area (Å²) in [5, 5.41) is 12.7. The fourth-order valence-electron chi connectivity index (χ4n) is 4.32. The molecule has 2 aromatic rings. The van der Waals surface area contributed by atoms with Crippen molar-refractivity contribution in [1.82, 2.24) is 15.2 Å². The summed E-state index contributed by atoms with van der Waals surface area (Å²) < 4.78 is 0. The van der Waals surface area contributed by atoms with Crippen LogP contribution in [0.2, 0.25) is 5.02 Å². The lowest BCUT2D eigenvalue weighted by Crippen LogP contribution is -2.32. The van der Waals surface area contributed by atoms with Gasteiger partial charge in [0.15, 0.2) is 0 Å². The second-order valence-corrected chi connectivity index (χ2v) is 9.20. The first-order valence-electron chi connectivity index (χ1n) is 8.74. The maximum absolute atomic E-state index is 12.2. The molecule has 2 aliphatic rings. The van der Waals surface area contributed by atoms with E-state index in [1.54, 1.807) is 18.2 Å². The van der Waals surface area contributed by atoms with Gasteiger partial charge in [-0.25, -0.2) is 4.98 Å². The van der Waals surface area contributed by atoms with Crippen LogP contribution in [0.4, 0.5) is 5.69 Å². The molecule has 1 N–H and O–H groups in total. The van der Waals surface area contributed by atoms with E-state index in [9.17, 15) is 4.79 Å². The van der Waals surface area contributed by atoms with E-state index >= 15 is 0 Å². The van der Waals surface area contributed by atoms with Crippen LogP contribution < -0.4 is 5.32 Å². The average molecular weight is 389 g/mol. The van der Waals surface area contributed by atoms with Gasteiger partial charge in [0.05, 0.1) is 17.1 Å². The predicted molar refractivity (Wildman–Crippen MR) is 104 cm³/mol. The third kappa shape index (κ3) is 2.70. The summed E-state index contributed by atoms with van der Waals surface area (Å²) in [7, 11) is 0. The van der Waals surface area contributed by atoms with E-state index < -0.39 is 0 Å². The molecule has 0 aliphatic heterocycles. The van der Waals surface area contributed by atoms with Crippen LogP contribution in [0, 0.1) is 5.41 Å². The number of anilines is 1. The Bertz CT molecular complexity index is 888. The van der Waals surface area contributed by atoms with E-state index in [0.717, 1.165) is 24.2 Å². The van der Waals surface area contributed by atoms with Crippen LogP contribution in [0.1, 0.15) is 50.9 Å². The Kier molecular flexibility index (Phi) is 4.23. The first kappa shape index (κ1) is 17.7. The molecule has 0 spiro atoms. The van der Waals surface area contributed by atoms with Gasteiger partial charge in [-0.15, -0.1) is 5.10 Å². The van der Waals surface area contributed by atoms with Gasteiger partial charge >= 0.3 is 0 Å². The molecule has 0 unspecified atom stereocenters. The zero-order valence-electron chi connectivity index (χ0n) is 15.0. The third-order valence-electron chi connectivity index (χ3n) is 6.21. The summed E-state index contributed by atoms with van der Waals surface area (Å²) in [5.74, 6) is 0.554. The number of hydrogen-bond donors (Lipinski definition) is 1. The molecule has 5 nitrogen and oxygen atoms in total. The summed E-state index contributed by atoms with van der Waals surface area (Å²) in [6, 6.07) is 7.10. The summed E-state index contributed by atoms with van der Waals surface area (Å²) in [4.78, 5) is 17.0. The van der Waals surface area contributed by atoms with E-state index in [2.05, 4.69) is 36.3 Å². The minimum atomic E-state index is -0.116. The number of hydrogen-bond acceptors (Lipinski definition) is 5. The molecule has 7 heteroatoms. The predicted octanol–water partition coefficient (Wildman–Crippen LogP) is 4.43. The standard InChI is InChI=1S/C19H21ClN4OS/c1-18(2)13-7-8-19(18,3)16-15(13)23-24-17(22-16)26-10-14(25)21-12-6-4-5-11(20)9-12/h4-6,9,13H,7-8,10H2,1-3H3,(H,21,25)/t13-,19-/m0/s1. The van der Waals surface area contributed by atoms with Crippen molar-refractivity contribution in [1.29, 1.82) is 0 Å². The molecule has 1 aromatic carbocycles. The number of amides is 1. The number of nitrogens with one attached hydrogen (secondary N) is 1. The zero-order valence-corrected chi connectivity index (χ0v) is 16.6. The van der Waals surface area contributed by atoms with Crippen molar-refractivity contribution in [2.75, 3.05) is 11.1 Å². The van der Waals surface area contributed by atoms with E-state index in [1.807, 2.05) is 6.07 Å². The zero-order chi connectivity index (χ0) is 18.5. The maximum atomic E-state index is 12.2. The van der Waals surface area contributed by atoms with Crippen molar-refractivity contribution >= 4 is 35.0 Å². The largest absolute Gasteiger partial charge is 0.325 e. The van der Waals surface area contributed by atoms with E-state index in [1.165, 1.54) is 11.8 Å². The molecule has 136 valence electrons. The summed E-state index contributed by atoms with van der Waals surface area (Å²) in [6.07, 6.45) is 2.29. The molecule has 0 saturated heterocycles. The molecule has 26 heavy (non-hydrogen) atoms. The highest BCUT2D eigenvalue weighted by Gasteiger charge is 2.61. The average Bonchev–Trinajstić information content (AvgIpc) is 2.92. The lowest BCUT2D eigenvalue weighted by Gasteiger charge is -2.33. The SMILES string of the molecule is CC1(C)[C@H]2CC[C@@]1(C)c1nc(SCC(=O)Nc3cccc(Cl)c3)nnc12. The Morgan fingerprint density at radius 3 is 2.92 bits per heavy atom. The second-order valence-electron chi connectivity index (χ2n) is 7.82. The second kappa shape index (κ2) is 6.20. The van der Waals surface area contributed by atoms with Crippen molar-refractivity contribution in [3.05, 3.63) is 40.7 Å². The van der Waals surface area contributed by atoms with Crippen molar-refractivity contribution in [3.63, 3.8) is 0 Å². The van der Waals surface area contributed by atoms with Gasteiger partial charge in [-0.05, 0) is 36.5 Å². The number of carbonyl (C=O) groups is 1. The van der Waals surface area contributed by atoms with Crippen LogP contribution in [0.3, 0.4) is 0 Å². The number of carbonyl (C=O) groups excluding carboxylic acids is 1. The van der Waals surface area contributed by atoms with Crippen molar-refractivity contribution < 1.29 is 4.79 Å². The van der Waals surface area contributed by atoms with Gasteiger partial charge < -0.3 is 5.32 Å². The Morgan fingerprint density at radius 2 is 2.15 bits per heavy atom. The highest BCUT2D eigenvalue weighted by Crippen LogP contribution is 2.66. The van der Waals surface area contributed by atoms with Crippen LogP contribution in [-0.4, -0.2) is 26.8 Å². The number of thioether (sulfide) groups is 1. The smallest absolute Gasteiger partial charge is 0.234 e. The fourth-order valence-corrected chi connectivity index (χ4v) is 5.09. The lowest BCUT2D eigenvalue weighted by molar-refractivity contribution is -0.113. The van der Waals surface area contributed by atoms with Crippen LogP contribution in [-0.2, 0) is 10.2 Å². The molecule has 4 rings (SSSR count). The van der Waals surface area contributed by atoms with Crippen LogP contribution in [0.5, 0.6) is 0 Å². The van der Waals surface area contributed by atoms with Gasteiger partial charge in [-0.1, -0.05) is 50.2 Å². The first-order valence-corrected chi connectivity index (χ1v) is 10.1. The molecular weight excluding hydrogens is 368 g/mol. The third-order valence-corrected chi connectivity index (χ3v) is 7.29. The number of benzene rings is 1. The molecule has 2 atom stereocenters. The van der Waals surface area contributed by atoms with Gasteiger partial charge in [0.2, 0.25) is 11.1 Å². The Labute approximate surface area is 162 Å². The van der Waals surface area contributed by atoms with Gasteiger partial charge in [-0.2, -0.15) is 5.10 Å². The Balaban J connectivity index is 1.46. The molecule has 1 fully saturated rings. The molecule has 1 heterocycles. The van der Waals surface area contributed by atoms with Gasteiger partial charge in [0.25, 0.3) is 0 Å². The van der Waals surface area contributed by atoms with Gasteiger partial charge in [0, 0.05) is 22.0 Å². The van der Waals surface area contributed by atoms with Crippen LogP contribution >= 0.6 is 23.4 Å². The van der Waals surface area contributed by atoms with Crippen LogP contribution in [0.25, 0.3) is 0 Å². The van der Waals surface area contributed by atoms with E-state index in [-0.39, 0.29) is 22.5 Å². The molecule has 1 saturated carbocycles. The van der Waals surface area contributed by atoms with Crippen molar-refractivity contribution in [2.45, 2.75) is 50.1 Å². The van der Waals surface area contributed by atoms with Crippen molar-refractivity contribution in [3.8, 4) is 0 Å². The highest BCUT2D eigenvalue weighted by molar-refractivity contribution is 7.99. The molecule has 1 amide bonds. The monoisotopic (exact) mass is 388 g/mol. The minimum absolute atomic E-state index is 0.0430. The lowest BCUT2D eigenvalue weighted by atomic mass is 9.70. The number of fused-ring (bicyclic) bond motifs is 5. The van der Waals surface area contributed by atoms with Gasteiger partial charge in [0.1, 0.15) is 0 Å². The molecular formula is C19H21ClN4OS. The number of aromatic nitrogens is 3. The summed E-state index contributed by atoms with van der Waals surface area (Å²) in [5.41, 5.74) is 3.01. The Hall–Kier alpha value is -1.66. The topological polar surface area (TPSA) is 67.8 Å². The quantitative estimate of drug-likeness (QED) is 0.784. The molecule has 0 radical (unpaired) electrons. The fraction of sp³-hybridized carbons (Fsp3) is 0.474. The number of rotatable bonds is 4. The number of halogens is 1. The number of nitrogens with zero attached hydrogens (tertiary/aromatic N) is 3. The minimum Gasteiger partial charge on any atom is -0.325 e.